The molecule has 0 aliphatic rings. The van der Waals surface area contributed by atoms with Crippen molar-refractivity contribution < 1.29 is 4.79 Å². The van der Waals surface area contributed by atoms with Crippen molar-refractivity contribution in [2.45, 2.75) is 27.2 Å². The van der Waals surface area contributed by atoms with Crippen LogP contribution < -0.4 is 0 Å². The molecule has 0 atom stereocenters. The highest BCUT2D eigenvalue weighted by Crippen LogP contribution is 2.18. The van der Waals surface area contributed by atoms with E-state index < -0.39 is 0 Å². The molecule has 0 bridgehead atoms. The van der Waals surface area contributed by atoms with E-state index in [0.29, 0.717) is 12.1 Å². The minimum atomic E-state index is 0.102. The van der Waals surface area contributed by atoms with Crippen LogP contribution in [0, 0.1) is 20.8 Å². The van der Waals surface area contributed by atoms with Gasteiger partial charge in [-0.05, 0) is 31.9 Å². The lowest BCUT2D eigenvalue weighted by atomic mass is 9.95. The lowest BCUT2D eigenvalue weighted by Gasteiger charge is -2.09. The largest absolute Gasteiger partial charge is 0.294 e. The van der Waals surface area contributed by atoms with Crippen molar-refractivity contribution in [3.8, 4) is 0 Å². The molecule has 18 heavy (non-hydrogen) atoms. The van der Waals surface area contributed by atoms with Crippen LogP contribution in [0.25, 0.3) is 0 Å². The minimum absolute atomic E-state index is 0.102. The fourth-order valence-electron chi connectivity index (χ4n) is 2.35. The third-order valence-electron chi connectivity index (χ3n) is 2.95. The monoisotopic (exact) mass is 243 g/mol. The predicted molar refractivity (Wildman–Crippen MR) is 69.7 cm³/mol. The van der Waals surface area contributed by atoms with E-state index in [0.717, 1.165) is 16.7 Å². The zero-order valence-corrected chi connectivity index (χ0v) is 11.2. The molecule has 0 N–H and O–H groups in total. The van der Waals surface area contributed by atoms with Crippen molar-refractivity contribution in [3.05, 3.63) is 46.3 Å². The Hall–Kier alpha value is -1.97. The summed E-state index contributed by atoms with van der Waals surface area (Å²) in [5.74, 6) is 0.102. The fraction of sp³-hybridized carbons (Fsp3) is 0.357. The Labute approximate surface area is 107 Å². The van der Waals surface area contributed by atoms with Crippen LogP contribution in [0.5, 0.6) is 0 Å². The molecule has 0 saturated carbocycles. The molecule has 0 amide bonds. The van der Waals surface area contributed by atoms with Crippen LogP contribution in [0.4, 0.5) is 0 Å². The normalized spacial score (nSPS) is 10.7. The quantitative estimate of drug-likeness (QED) is 0.776. The highest BCUT2D eigenvalue weighted by Gasteiger charge is 2.14. The molecule has 1 aromatic heterocycles. The first-order valence-corrected chi connectivity index (χ1v) is 5.93. The van der Waals surface area contributed by atoms with Crippen molar-refractivity contribution in [3.63, 3.8) is 0 Å². The number of aromatic nitrogens is 3. The van der Waals surface area contributed by atoms with Gasteiger partial charge in [-0.25, -0.2) is 0 Å². The van der Waals surface area contributed by atoms with Gasteiger partial charge in [-0.15, -0.1) is 5.10 Å². The second kappa shape index (κ2) is 4.72. The molecule has 1 heterocycles. The van der Waals surface area contributed by atoms with E-state index in [4.69, 9.17) is 0 Å². The summed E-state index contributed by atoms with van der Waals surface area (Å²) in [6, 6.07) is 4.08. The minimum Gasteiger partial charge on any atom is -0.294 e. The summed E-state index contributed by atoms with van der Waals surface area (Å²) in [5.41, 5.74) is 4.76. The van der Waals surface area contributed by atoms with E-state index in [9.17, 15) is 4.79 Å². The van der Waals surface area contributed by atoms with Crippen LogP contribution >= 0.6 is 0 Å². The molecule has 0 spiro atoms. The van der Waals surface area contributed by atoms with Gasteiger partial charge in [-0.2, -0.15) is 0 Å². The summed E-state index contributed by atoms with van der Waals surface area (Å²) in [7, 11) is 1.79. The number of nitrogens with zero attached hydrogens (tertiary/aromatic N) is 3. The maximum atomic E-state index is 12.3. The average Bonchev–Trinajstić information content (AvgIpc) is 2.62. The number of aryl methyl sites for hydroxylation is 4. The maximum Gasteiger partial charge on any atom is 0.169 e. The number of Topliss-reactive ketones (excluding diaryl/α,β-unsaturated/α-hetero) is 1. The molecule has 0 aliphatic heterocycles. The van der Waals surface area contributed by atoms with Gasteiger partial charge in [-0.1, -0.05) is 22.9 Å². The maximum absolute atomic E-state index is 12.3. The van der Waals surface area contributed by atoms with Crippen molar-refractivity contribution in [1.29, 1.82) is 0 Å². The molecule has 0 radical (unpaired) electrons. The summed E-state index contributed by atoms with van der Waals surface area (Å²) in [6.45, 7) is 5.99. The first-order chi connectivity index (χ1) is 8.47. The molecule has 0 unspecified atom stereocenters. The highest BCUT2D eigenvalue weighted by atomic mass is 16.1. The topological polar surface area (TPSA) is 47.8 Å². The van der Waals surface area contributed by atoms with Gasteiger partial charge in [0.15, 0.2) is 5.78 Å². The van der Waals surface area contributed by atoms with Crippen LogP contribution in [0.15, 0.2) is 18.3 Å². The Morgan fingerprint density at radius 2 is 1.83 bits per heavy atom. The summed E-state index contributed by atoms with van der Waals surface area (Å²) in [4.78, 5) is 12.3. The van der Waals surface area contributed by atoms with Gasteiger partial charge >= 0.3 is 0 Å². The average molecular weight is 243 g/mol. The molecule has 94 valence electrons. The van der Waals surface area contributed by atoms with Crippen LogP contribution in [0.1, 0.15) is 32.7 Å². The Bertz CT molecular complexity index is 576. The number of carbonyl (C=O) groups excluding carboxylic acids is 1. The highest BCUT2D eigenvalue weighted by molar-refractivity contribution is 5.99. The summed E-state index contributed by atoms with van der Waals surface area (Å²) in [5, 5.41) is 7.79. The number of ketones is 1. The SMILES string of the molecule is Cc1cc(C)c(C(=O)Cc2cn(C)nn2)c(C)c1. The smallest absolute Gasteiger partial charge is 0.169 e. The summed E-state index contributed by atoms with van der Waals surface area (Å²) in [6.07, 6.45) is 2.08. The number of carbonyl (C=O) groups is 1. The fourth-order valence-corrected chi connectivity index (χ4v) is 2.35. The Balaban J connectivity index is 2.29. The van der Waals surface area contributed by atoms with Gasteiger partial charge in [0.25, 0.3) is 0 Å². The molecular weight excluding hydrogens is 226 g/mol. The molecule has 0 fully saturated rings. The van der Waals surface area contributed by atoms with Gasteiger partial charge < -0.3 is 0 Å². The lowest BCUT2D eigenvalue weighted by molar-refractivity contribution is 0.0990. The molecular formula is C14H17N3O. The first kappa shape index (κ1) is 12.5. The third kappa shape index (κ3) is 2.47. The van der Waals surface area contributed by atoms with E-state index in [1.807, 2.05) is 32.9 Å². The van der Waals surface area contributed by atoms with E-state index >= 15 is 0 Å². The number of hydrogen-bond donors (Lipinski definition) is 0. The van der Waals surface area contributed by atoms with Crippen LogP contribution in [0.3, 0.4) is 0 Å². The molecule has 0 saturated heterocycles. The van der Waals surface area contributed by atoms with Gasteiger partial charge in [0.1, 0.15) is 0 Å². The van der Waals surface area contributed by atoms with Crippen molar-refractivity contribution in [2.75, 3.05) is 0 Å². The standard InChI is InChI=1S/C14H17N3O/c1-9-5-10(2)14(11(3)6-9)13(18)7-12-8-17(4)16-15-12/h5-6,8H,7H2,1-4H3. The second-order valence-corrected chi connectivity index (χ2v) is 4.76. The molecule has 1 aromatic carbocycles. The van der Waals surface area contributed by atoms with Crippen LogP contribution in [-0.4, -0.2) is 20.8 Å². The third-order valence-corrected chi connectivity index (χ3v) is 2.95. The number of hydrogen-bond acceptors (Lipinski definition) is 3. The lowest BCUT2D eigenvalue weighted by Crippen LogP contribution is -2.08. The molecule has 4 nitrogen and oxygen atoms in total. The zero-order chi connectivity index (χ0) is 13.3. The van der Waals surface area contributed by atoms with Crippen LogP contribution in [-0.2, 0) is 13.5 Å². The first-order valence-electron chi connectivity index (χ1n) is 5.93. The number of rotatable bonds is 3. The van der Waals surface area contributed by atoms with Gasteiger partial charge in [0.05, 0.1) is 12.1 Å². The van der Waals surface area contributed by atoms with Crippen molar-refractivity contribution in [1.82, 2.24) is 15.0 Å². The Morgan fingerprint density at radius 1 is 1.22 bits per heavy atom. The van der Waals surface area contributed by atoms with E-state index in [-0.39, 0.29) is 5.78 Å². The molecule has 4 heteroatoms. The summed E-state index contributed by atoms with van der Waals surface area (Å²) >= 11 is 0. The Morgan fingerprint density at radius 3 is 2.33 bits per heavy atom. The molecule has 2 aromatic rings. The van der Waals surface area contributed by atoms with Crippen molar-refractivity contribution >= 4 is 5.78 Å². The number of benzene rings is 1. The van der Waals surface area contributed by atoms with Gasteiger partial charge in [0, 0.05) is 18.8 Å². The molecule has 0 aliphatic carbocycles. The van der Waals surface area contributed by atoms with Crippen molar-refractivity contribution in [2.24, 2.45) is 7.05 Å². The van der Waals surface area contributed by atoms with Gasteiger partial charge in [0.2, 0.25) is 0 Å². The second-order valence-electron chi connectivity index (χ2n) is 4.76. The van der Waals surface area contributed by atoms with E-state index in [1.165, 1.54) is 5.56 Å². The zero-order valence-electron chi connectivity index (χ0n) is 11.2. The van der Waals surface area contributed by atoms with E-state index in [2.05, 4.69) is 10.3 Å². The van der Waals surface area contributed by atoms with Crippen LogP contribution in [0.2, 0.25) is 0 Å². The molecule has 2 rings (SSSR count). The summed E-state index contributed by atoms with van der Waals surface area (Å²) < 4.78 is 1.61. The Kier molecular flexibility index (Phi) is 3.28. The van der Waals surface area contributed by atoms with Gasteiger partial charge in [-0.3, -0.25) is 9.48 Å². The predicted octanol–water partition coefficient (Wildman–Crippen LogP) is 2.17. The van der Waals surface area contributed by atoms with E-state index in [1.54, 1.807) is 17.9 Å².